The average Bonchev–Trinajstić information content (AvgIpc) is 3.15. The van der Waals surface area contributed by atoms with Gasteiger partial charge < -0.3 is 15.5 Å². The number of H-pyrrole nitrogens is 1. The number of rotatable bonds is 4. The average molecular weight is 363 g/mol. The zero-order valence-corrected chi connectivity index (χ0v) is 15.5. The molecule has 2 heterocycles. The summed E-state index contributed by atoms with van der Waals surface area (Å²) in [6.45, 7) is 1.98. The van der Waals surface area contributed by atoms with Crippen LogP contribution in [0.1, 0.15) is 12.0 Å². The van der Waals surface area contributed by atoms with Crippen molar-refractivity contribution in [3.05, 3.63) is 60.3 Å². The molecule has 4 rings (SSSR count). The molecule has 2 aromatic carbocycles. The number of likely N-dealkylation sites (tertiary alicyclic amines) is 1. The first-order valence-corrected chi connectivity index (χ1v) is 9.41. The van der Waals surface area contributed by atoms with Crippen molar-refractivity contribution in [2.24, 2.45) is 5.92 Å². The first kappa shape index (κ1) is 17.5. The van der Waals surface area contributed by atoms with Gasteiger partial charge in [-0.05, 0) is 50.0 Å². The first-order chi connectivity index (χ1) is 13.2. The number of fused-ring (bicyclic) bond motifs is 1. The van der Waals surface area contributed by atoms with Crippen molar-refractivity contribution in [2.45, 2.75) is 18.9 Å². The summed E-state index contributed by atoms with van der Waals surface area (Å²) < 4.78 is 0. The van der Waals surface area contributed by atoms with Crippen LogP contribution in [0.5, 0.6) is 0 Å². The van der Waals surface area contributed by atoms with E-state index in [-0.39, 0.29) is 12.1 Å². The van der Waals surface area contributed by atoms with Gasteiger partial charge in [0.25, 0.3) is 0 Å². The molecule has 1 saturated heterocycles. The highest BCUT2D eigenvalue weighted by molar-refractivity contribution is 6.00. The molecule has 140 valence electrons. The van der Waals surface area contributed by atoms with Crippen molar-refractivity contribution in [2.75, 3.05) is 25.5 Å². The summed E-state index contributed by atoms with van der Waals surface area (Å²) >= 11 is 0. The minimum Gasteiger partial charge on any atom is -0.335 e. The molecule has 6 heteroatoms. The molecule has 0 bridgehead atoms. The number of anilines is 1. The normalized spacial score (nSPS) is 20.5. The molecule has 0 saturated carbocycles. The Morgan fingerprint density at radius 3 is 2.93 bits per heavy atom. The topological polar surface area (TPSA) is 73.1 Å². The van der Waals surface area contributed by atoms with Gasteiger partial charge >= 0.3 is 6.03 Å². The fourth-order valence-corrected chi connectivity index (χ4v) is 3.93. The Morgan fingerprint density at radius 1 is 1.22 bits per heavy atom. The van der Waals surface area contributed by atoms with E-state index in [2.05, 4.69) is 57.0 Å². The number of nitrogens with zero attached hydrogens (tertiary/aromatic N) is 2. The highest BCUT2D eigenvalue weighted by Gasteiger charge is 2.29. The molecule has 1 aliphatic heterocycles. The van der Waals surface area contributed by atoms with E-state index in [4.69, 9.17) is 0 Å². The molecule has 6 nitrogen and oxygen atoms in total. The Bertz CT molecular complexity index is 907. The predicted octanol–water partition coefficient (Wildman–Crippen LogP) is 3.25. The number of urea groups is 1. The summed E-state index contributed by atoms with van der Waals surface area (Å²) in [5.41, 5.74) is 2.99. The van der Waals surface area contributed by atoms with E-state index in [1.54, 1.807) is 6.20 Å². The lowest BCUT2D eigenvalue weighted by atomic mass is 9.87. The van der Waals surface area contributed by atoms with E-state index in [0.29, 0.717) is 5.92 Å². The summed E-state index contributed by atoms with van der Waals surface area (Å²) in [5.74, 6) is 0.390. The van der Waals surface area contributed by atoms with Gasteiger partial charge in [0.1, 0.15) is 0 Å². The Kier molecular flexibility index (Phi) is 5.07. The lowest BCUT2D eigenvalue weighted by Gasteiger charge is -2.37. The molecule has 3 aromatic rings. The molecule has 27 heavy (non-hydrogen) atoms. The standard InChI is InChI=1S/C21H25N5O/c1-26-11-10-18(16(14-26)12-15-6-3-2-4-7-15)23-21(27)24-19-8-5-9-20-17(19)13-22-25-20/h2-9,13,16,18H,10-12,14H2,1H3,(H,22,25)(H2,23,24,27)/t16-,18+/m0/s1. The van der Waals surface area contributed by atoms with Gasteiger partial charge in [0, 0.05) is 18.0 Å². The predicted molar refractivity (Wildman–Crippen MR) is 108 cm³/mol. The second kappa shape index (κ2) is 7.80. The maximum atomic E-state index is 12.7. The van der Waals surface area contributed by atoms with Gasteiger partial charge in [0.2, 0.25) is 0 Å². The number of nitrogens with one attached hydrogen (secondary N) is 3. The Morgan fingerprint density at radius 2 is 2.07 bits per heavy atom. The lowest BCUT2D eigenvalue weighted by molar-refractivity contribution is 0.165. The lowest BCUT2D eigenvalue weighted by Crippen LogP contribution is -2.51. The molecule has 2 amide bonds. The van der Waals surface area contributed by atoms with Crippen molar-refractivity contribution in [1.82, 2.24) is 20.4 Å². The number of benzene rings is 2. The number of carbonyl (C=O) groups excluding carboxylic acids is 1. The highest BCUT2D eigenvalue weighted by atomic mass is 16.2. The Balaban J connectivity index is 1.44. The molecule has 0 radical (unpaired) electrons. The van der Waals surface area contributed by atoms with Crippen molar-refractivity contribution in [3.8, 4) is 0 Å². The third kappa shape index (κ3) is 4.11. The van der Waals surface area contributed by atoms with E-state index in [0.717, 1.165) is 42.5 Å². The highest BCUT2D eigenvalue weighted by Crippen LogP contribution is 2.23. The van der Waals surface area contributed by atoms with Crippen molar-refractivity contribution >= 4 is 22.6 Å². The summed E-state index contributed by atoms with van der Waals surface area (Å²) in [6.07, 6.45) is 3.66. The maximum Gasteiger partial charge on any atom is 0.319 e. The van der Waals surface area contributed by atoms with E-state index in [1.165, 1.54) is 5.56 Å². The van der Waals surface area contributed by atoms with Crippen LogP contribution < -0.4 is 10.6 Å². The van der Waals surface area contributed by atoms with Gasteiger partial charge in [0.05, 0.1) is 17.4 Å². The van der Waals surface area contributed by atoms with Gasteiger partial charge in [-0.2, -0.15) is 5.10 Å². The number of carbonyl (C=O) groups is 1. The van der Waals surface area contributed by atoms with E-state index in [9.17, 15) is 4.79 Å². The monoisotopic (exact) mass is 363 g/mol. The number of aromatic amines is 1. The zero-order chi connectivity index (χ0) is 18.6. The molecular weight excluding hydrogens is 338 g/mol. The van der Waals surface area contributed by atoms with Gasteiger partial charge in [-0.3, -0.25) is 5.10 Å². The fourth-order valence-electron chi connectivity index (χ4n) is 3.93. The van der Waals surface area contributed by atoms with Gasteiger partial charge in [0.15, 0.2) is 0 Å². The van der Waals surface area contributed by atoms with Gasteiger partial charge in [-0.1, -0.05) is 36.4 Å². The van der Waals surface area contributed by atoms with Crippen LogP contribution in [0.3, 0.4) is 0 Å². The summed E-state index contributed by atoms with van der Waals surface area (Å²) in [7, 11) is 2.15. The van der Waals surface area contributed by atoms with Crippen LogP contribution >= 0.6 is 0 Å². The van der Waals surface area contributed by atoms with Crippen molar-refractivity contribution in [3.63, 3.8) is 0 Å². The van der Waals surface area contributed by atoms with Crippen LogP contribution in [0.15, 0.2) is 54.7 Å². The number of amides is 2. The minimum atomic E-state index is -0.156. The largest absolute Gasteiger partial charge is 0.335 e. The number of piperidine rings is 1. The molecule has 0 spiro atoms. The van der Waals surface area contributed by atoms with E-state index in [1.807, 2.05) is 24.3 Å². The SMILES string of the molecule is CN1CC[C@@H](NC(=O)Nc2cccc3[nH]ncc23)[C@@H](Cc2ccccc2)C1. The van der Waals surface area contributed by atoms with E-state index >= 15 is 0 Å². The van der Waals surface area contributed by atoms with Crippen molar-refractivity contribution in [1.29, 1.82) is 0 Å². The second-order valence-corrected chi connectivity index (χ2v) is 7.34. The molecule has 1 aliphatic rings. The smallest absolute Gasteiger partial charge is 0.319 e. The van der Waals surface area contributed by atoms with Gasteiger partial charge in [-0.15, -0.1) is 0 Å². The molecule has 3 N–H and O–H groups in total. The molecule has 1 fully saturated rings. The first-order valence-electron chi connectivity index (χ1n) is 9.41. The van der Waals surface area contributed by atoms with Crippen LogP contribution in [0, 0.1) is 5.92 Å². The van der Waals surface area contributed by atoms with Crippen LogP contribution in [0.4, 0.5) is 10.5 Å². The molecule has 2 atom stereocenters. The summed E-state index contributed by atoms with van der Waals surface area (Å²) in [4.78, 5) is 15.0. The van der Waals surface area contributed by atoms with E-state index < -0.39 is 0 Å². The quantitative estimate of drug-likeness (QED) is 0.666. The number of hydrogen-bond acceptors (Lipinski definition) is 3. The van der Waals surface area contributed by atoms with Gasteiger partial charge in [-0.25, -0.2) is 4.79 Å². The minimum absolute atomic E-state index is 0.156. The second-order valence-electron chi connectivity index (χ2n) is 7.34. The number of hydrogen-bond donors (Lipinski definition) is 3. The van der Waals surface area contributed by atoms with Crippen LogP contribution in [0.2, 0.25) is 0 Å². The molecule has 1 aromatic heterocycles. The zero-order valence-electron chi connectivity index (χ0n) is 15.5. The maximum absolute atomic E-state index is 12.7. The Hall–Kier alpha value is -2.86. The molecular formula is C21H25N5O. The van der Waals surface area contributed by atoms with Crippen molar-refractivity contribution < 1.29 is 4.79 Å². The third-order valence-electron chi connectivity index (χ3n) is 5.33. The summed E-state index contributed by atoms with van der Waals surface area (Å²) in [6, 6.07) is 16.2. The molecule has 0 unspecified atom stereocenters. The number of aromatic nitrogens is 2. The summed E-state index contributed by atoms with van der Waals surface area (Å²) in [5, 5.41) is 14.1. The van der Waals surface area contributed by atoms with Crippen LogP contribution in [-0.4, -0.2) is 47.3 Å². The van der Waals surface area contributed by atoms with Crippen LogP contribution in [-0.2, 0) is 6.42 Å². The Labute approximate surface area is 159 Å². The van der Waals surface area contributed by atoms with Crippen LogP contribution in [0.25, 0.3) is 10.9 Å². The fraction of sp³-hybridized carbons (Fsp3) is 0.333. The molecule has 0 aliphatic carbocycles. The third-order valence-corrected chi connectivity index (χ3v) is 5.33.